The second-order valence-electron chi connectivity index (χ2n) is 4.63. The molecule has 1 heterocycles. The van der Waals surface area contributed by atoms with Gasteiger partial charge in [-0.05, 0) is 24.5 Å². The third kappa shape index (κ3) is 2.81. The summed E-state index contributed by atoms with van der Waals surface area (Å²) in [6.45, 7) is 0.216. The minimum absolute atomic E-state index is 0.216. The molecular weight excluding hydrogens is 280 g/mol. The number of carboxylic acids is 1. The van der Waals surface area contributed by atoms with Crippen LogP contribution in [0.15, 0.2) is 24.3 Å². The molecule has 2 rings (SSSR count). The Bertz CT molecular complexity index is 663. The monoisotopic (exact) mass is 294 g/mol. The standard InChI is InChI=1S/C13H14N2O4S/c14-8-10-4-1-2-5-11(10)9-20(18,19)15-7-3-6-12(15)13(16)17/h1-2,4-5,12H,3,6-7,9H2,(H,16,17)/t12-/m0/s1. The number of nitriles is 1. The average molecular weight is 294 g/mol. The number of carbonyl (C=O) groups is 1. The summed E-state index contributed by atoms with van der Waals surface area (Å²) in [5.74, 6) is -1.47. The number of hydrogen-bond donors (Lipinski definition) is 1. The van der Waals surface area contributed by atoms with Crippen molar-refractivity contribution in [1.29, 1.82) is 5.26 Å². The molecule has 1 aliphatic heterocycles. The van der Waals surface area contributed by atoms with E-state index in [1.807, 2.05) is 6.07 Å². The molecule has 1 N–H and O–H groups in total. The predicted octanol–water partition coefficient (Wildman–Crippen LogP) is 0.937. The van der Waals surface area contributed by atoms with Crippen LogP contribution in [0.1, 0.15) is 24.0 Å². The van der Waals surface area contributed by atoms with Crippen molar-refractivity contribution in [3.05, 3.63) is 35.4 Å². The Morgan fingerprint density at radius 2 is 2.15 bits per heavy atom. The molecule has 1 fully saturated rings. The Kier molecular flexibility index (Phi) is 4.06. The zero-order valence-electron chi connectivity index (χ0n) is 10.7. The third-order valence-electron chi connectivity index (χ3n) is 3.32. The van der Waals surface area contributed by atoms with E-state index in [1.165, 1.54) is 0 Å². The maximum absolute atomic E-state index is 12.3. The average Bonchev–Trinajstić information content (AvgIpc) is 2.89. The van der Waals surface area contributed by atoms with Gasteiger partial charge >= 0.3 is 5.97 Å². The van der Waals surface area contributed by atoms with Crippen LogP contribution in [0.25, 0.3) is 0 Å². The first-order valence-electron chi connectivity index (χ1n) is 6.16. The van der Waals surface area contributed by atoms with Gasteiger partial charge in [0.05, 0.1) is 17.4 Å². The lowest BCUT2D eigenvalue weighted by molar-refractivity contribution is -0.140. The van der Waals surface area contributed by atoms with E-state index < -0.39 is 22.0 Å². The second kappa shape index (κ2) is 5.61. The predicted molar refractivity (Wildman–Crippen MR) is 71.1 cm³/mol. The van der Waals surface area contributed by atoms with Gasteiger partial charge in [0.25, 0.3) is 0 Å². The van der Waals surface area contributed by atoms with E-state index in [1.54, 1.807) is 24.3 Å². The third-order valence-corrected chi connectivity index (χ3v) is 5.15. The molecule has 6 nitrogen and oxygen atoms in total. The Balaban J connectivity index is 2.28. The zero-order valence-corrected chi connectivity index (χ0v) is 11.5. The summed E-state index contributed by atoms with van der Waals surface area (Å²) < 4.78 is 25.7. The molecule has 0 spiro atoms. The van der Waals surface area contributed by atoms with E-state index in [0.29, 0.717) is 24.0 Å². The molecule has 7 heteroatoms. The van der Waals surface area contributed by atoms with Crippen LogP contribution < -0.4 is 0 Å². The number of hydrogen-bond acceptors (Lipinski definition) is 4. The van der Waals surface area contributed by atoms with E-state index >= 15 is 0 Å². The zero-order chi connectivity index (χ0) is 14.8. The van der Waals surface area contributed by atoms with Crippen LogP contribution >= 0.6 is 0 Å². The molecule has 0 radical (unpaired) electrons. The van der Waals surface area contributed by atoms with Gasteiger partial charge in [-0.3, -0.25) is 4.79 Å². The number of aliphatic carboxylic acids is 1. The van der Waals surface area contributed by atoms with Gasteiger partial charge < -0.3 is 5.11 Å². The normalized spacial score (nSPS) is 19.6. The molecule has 1 aromatic carbocycles. The van der Waals surface area contributed by atoms with E-state index in [0.717, 1.165) is 4.31 Å². The van der Waals surface area contributed by atoms with E-state index in [4.69, 9.17) is 10.4 Å². The Morgan fingerprint density at radius 3 is 2.80 bits per heavy atom. The fraction of sp³-hybridized carbons (Fsp3) is 0.385. The van der Waals surface area contributed by atoms with Crippen LogP contribution in [-0.2, 0) is 20.6 Å². The smallest absolute Gasteiger partial charge is 0.322 e. The van der Waals surface area contributed by atoms with Crippen LogP contribution in [-0.4, -0.2) is 36.4 Å². The summed E-state index contributed by atoms with van der Waals surface area (Å²) in [5, 5.41) is 18.0. The lowest BCUT2D eigenvalue weighted by Crippen LogP contribution is -2.41. The molecule has 0 bridgehead atoms. The summed E-state index contributed by atoms with van der Waals surface area (Å²) in [5.41, 5.74) is 0.688. The van der Waals surface area contributed by atoms with Crippen LogP contribution in [0.2, 0.25) is 0 Å². The Morgan fingerprint density at radius 1 is 1.45 bits per heavy atom. The molecule has 0 amide bonds. The van der Waals surface area contributed by atoms with Gasteiger partial charge in [0.15, 0.2) is 0 Å². The SMILES string of the molecule is N#Cc1ccccc1CS(=O)(=O)N1CCC[C@H]1C(=O)O. The molecule has 106 valence electrons. The first-order chi connectivity index (χ1) is 9.45. The number of sulfonamides is 1. The first kappa shape index (κ1) is 14.5. The van der Waals surface area contributed by atoms with Crippen molar-refractivity contribution in [3.63, 3.8) is 0 Å². The first-order valence-corrected chi connectivity index (χ1v) is 7.77. The highest BCUT2D eigenvalue weighted by atomic mass is 32.2. The topological polar surface area (TPSA) is 98.5 Å². The van der Waals surface area contributed by atoms with Gasteiger partial charge in [-0.15, -0.1) is 0 Å². The van der Waals surface area contributed by atoms with Gasteiger partial charge in [-0.25, -0.2) is 8.42 Å². The summed E-state index contributed by atoms with van der Waals surface area (Å²) >= 11 is 0. The molecule has 20 heavy (non-hydrogen) atoms. The Labute approximate surface area is 117 Å². The van der Waals surface area contributed by atoms with Crippen molar-refractivity contribution in [1.82, 2.24) is 4.31 Å². The second-order valence-corrected chi connectivity index (χ2v) is 6.55. The number of rotatable bonds is 4. The molecular formula is C13H14N2O4S. The van der Waals surface area contributed by atoms with Gasteiger partial charge in [-0.2, -0.15) is 9.57 Å². The minimum atomic E-state index is -3.74. The molecule has 0 saturated carbocycles. The van der Waals surface area contributed by atoms with Crippen molar-refractivity contribution >= 4 is 16.0 Å². The fourth-order valence-corrected chi connectivity index (χ4v) is 4.16. The largest absolute Gasteiger partial charge is 0.480 e. The van der Waals surface area contributed by atoms with Gasteiger partial charge in [0.1, 0.15) is 6.04 Å². The molecule has 0 unspecified atom stereocenters. The van der Waals surface area contributed by atoms with Crippen LogP contribution in [0.5, 0.6) is 0 Å². The lowest BCUT2D eigenvalue weighted by atomic mass is 10.1. The van der Waals surface area contributed by atoms with E-state index in [2.05, 4.69) is 0 Å². The van der Waals surface area contributed by atoms with Crippen molar-refractivity contribution in [2.24, 2.45) is 0 Å². The van der Waals surface area contributed by atoms with Crippen LogP contribution in [0.4, 0.5) is 0 Å². The molecule has 1 atom stereocenters. The van der Waals surface area contributed by atoms with E-state index in [-0.39, 0.29) is 12.3 Å². The molecule has 1 aromatic rings. The summed E-state index contributed by atoms with van der Waals surface area (Å²) in [7, 11) is -3.74. The lowest BCUT2D eigenvalue weighted by Gasteiger charge is -2.21. The number of carboxylic acid groups (broad SMARTS) is 1. The maximum atomic E-state index is 12.3. The van der Waals surface area contributed by atoms with Crippen molar-refractivity contribution in [2.75, 3.05) is 6.54 Å². The van der Waals surface area contributed by atoms with Crippen molar-refractivity contribution in [3.8, 4) is 6.07 Å². The van der Waals surface area contributed by atoms with Gasteiger partial charge in [-0.1, -0.05) is 18.2 Å². The highest BCUT2D eigenvalue weighted by Crippen LogP contribution is 2.24. The minimum Gasteiger partial charge on any atom is -0.480 e. The van der Waals surface area contributed by atoms with Gasteiger partial charge in [0.2, 0.25) is 10.0 Å². The molecule has 0 aliphatic carbocycles. The summed E-state index contributed by atoms with van der Waals surface area (Å²) in [4.78, 5) is 11.1. The Hall–Kier alpha value is -1.91. The molecule has 1 aliphatic rings. The highest BCUT2D eigenvalue weighted by molar-refractivity contribution is 7.88. The van der Waals surface area contributed by atoms with Crippen molar-refractivity contribution < 1.29 is 18.3 Å². The maximum Gasteiger partial charge on any atom is 0.322 e. The summed E-state index contributed by atoms with van der Waals surface area (Å²) in [6, 6.07) is 7.38. The van der Waals surface area contributed by atoms with Crippen LogP contribution in [0.3, 0.4) is 0 Å². The van der Waals surface area contributed by atoms with E-state index in [9.17, 15) is 13.2 Å². The number of benzene rings is 1. The highest BCUT2D eigenvalue weighted by Gasteiger charge is 2.38. The molecule has 1 saturated heterocycles. The van der Waals surface area contributed by atoms with Gasteiger partial charge in [0, 0.05) is 6.54 Å². The quantitative estimate of drug-likeness (QED) is 0.891. The summed E-state index contributed by atoms with van der Waals surface area (Å²) in [6.07, 6.45) is 0.866. The fourth-order valence-electron chi connectivity index (χ4n) is 2.35. The molecule has 0 aromatic heterocycles. The van der Waals surface area contributed by atoms with Crippen molar-refractivity contribution in [2.45, 2.75) is 24.6 Å². The van der Waals surface area contributed by atoms with Crippen LogP contribution in [0, 0.1) is 11.3 Å². The number of nitrogens with zero attached hydrogens (tertiary/aromatic N) is 2.